The zero-order chi connectivity index (χ0) is 30.6. The molecule has 2 heterocycles. The molecule has 0 aromatic carbocycles. The van der Waals surface area contributed by atoms with E-state index in [4.69, 9.17) is 18.9 Å². The molecule has 40 heavy (non-hydrogen) atoms. The van der Waals surface area contributed by atoms with E-state index < -0.39 is 53.2 Å². The van der Waals surface area contributed by atoms with Crippen molar-refractivity contribution in [2.24, 2.45) is 28.3 Å². The Morgan fingerprint density at radius 2 is 1.75 bits per heavy atom. The van der Waals surface area contributed by atoms with Crippen LogP contribution in [0.3, 0.4) is 0 Å². The topological polar surface area (TPSA) is 140 Å². The SMILES string of the molecule is COC1C(OC2[C@@H](C)C(=O)[C@@H](C)C(=O)OC/C(C)=C/C(C)(N=[N+]=[N-])C(=O)C(C)CC2(C)C)O[C@H](C)CC1N(C)C. The number of Topliss-reactive ketones (excluding diaryl/α,β-unsaturated/α-hetero) is 2. The minimum absolute atomic E-state index is 0.0142. The largest absolute Gasteiger partial charge is 0.461 e. The zero-order valence-electron chi connectivity index (χ0n) is 26.0. The number of carbonyl (C=O) groups excluding carboxylic acids is 3. The summed E-state index contributed by atoms with van der Waals surface area (Å²) in [6.07, 6.45) is 0.521. The van der Waals surface area contributed by atoms with Crippen molar-refractivity contribution in [3.63, 3.8) is 0 Å². The number of hydrogen-bond acceptors (Lipinski definition) is 9. The molecular formula is C29H48N4O7. The van der Waals surface area contributed by atoms with Gasteiger partial charge in [0, 0.05) is 29.9 Å². The van der Waals surface area contributed by atoms with Crippen molar-refractivity contribution in [2.75, 3.05) is 27.8 Å². The highest BCUT2D eigenvalue weighted by molar-refractivity contribution is 6.00. The average Bonchev–Trinajstić information content (AvgIpc) is 2.87. The Labute approximate surface area is 238 Å². The molecule has 0 saturated carbocycles. The van der Waals surface area contributed by atoms with Crippen LogP contribution in [0.5, 0.6) is 0 Å². The van der Waals surface area contributed by atoms with Crippen molar-refractivity contribution in [3.8, 4) is 0 Å². The Morgan fingerprint density at radius 3 is 2.30 bits per heavy atom. The Hall–Kier alpha value is -2.30. The first-order valence-corrected chi connectivity index (χ1v) is 14.0. The first kappa shape index (κ1) is 33.9. The maximum atomic E-state index is 13.7. The quantitative estimate of drug-likeness (QED) is 0.119. The normalized spacial score (nSPS) is 39.5. The number of nitrogens with zero attached hydrogens (tertiary/aromatic N) is 4. The molecule has 0 bridgehead atoms. The third-order valence-electron chi connectivity index (χ3n) is 8.26. The van der Waals surface area contributed by atoms with Crippen molar-refractivity contribution in [1.29, 1.82) is 0 Å². The lowest BCUT2D eigenvalue weighted by Gasteiger charge is -2.47. The van der Waals surface area contributed by atoms with Crippen LogP contribution in [0.25, 0.3) is 10.4 Å². The van der Waals surface area contributed by atoms with E-state index in [9.17, 15) is 19.9 Å². The van der Waals surface area contributed by atoms with E-state index >= 15 is 0 Å². The van der Waals surface area contributed by atoms with Crippen LogP contribution in [0.2, 0.25) is 0 Å². The second-order valence-electron chi connectivity index (χ2n) is 12.6. The van der Waals surface area contributed by atoms with E-state index in [1.54, 1.807) is 34.8 Å². The Balaban J connectivity index is 2.60. The molecule has 0 N–H and O–H groups in total. The maximum Gasteiger partial charge on any atom is 0.316 e. The van der Waals surface area contributed by atoms with Crippen LogP contribution in [-0.2, 0) is 33.3 Å². The van der Waals surface area contributed by atoms with Crippen LogP contribution in [0.4, 0.5) is 0 Å². The first-order valence-electron chi connectivity index (χ1n) is 14.0. The summed E-state index contributed by atoms with van der Waals surface area (Å²) >= 11 is 0. The molecule has 9 atom stereocenters. The number of azide groups is 1. The van der Waals surface area contributed by atoms with Gasteiger partial charge in [0.25, 0.3) is 0 Å². The van der Waals surface area contributed by atoms with Gasteiger partial charge in [0.1, 0.15) is 24.2 Å². The third-order valence-corrected chi connectivity index (χ3v) is 8.26. The summed E-state index contributed by atoms with van der Waals surface area (Å²) in [6.45, 7) is 14.0. The van der Waals surface area contributed by atoms with Crippen LogP contribution in [-0.4, -0.2) is 86.4 Å². The summed E-state index contributed by atoms with van der Waals surface area (Å²) in [5, 5.41) is 3.83. The molecule has 1 fully saturated rings. The Bertz CT molecular complexity index is 1020. The summed E-state index contributed by atoms with van der Waals surface area (Å²) in [5.74, 6) is -3.59. The smallest absolute Gasteiger partial charge is 0.316 e. The Morgan fingerprint density at radius 1 is 1.12 bits per heavy atom. The van der Waals surface area contributed by atoms with Crippen molar-refractivity contribution < 1.29 is 33.3 Å². The number of carbonyl (C=O) groups is 3. The summed E-state index contributed by atoms with van der Waals surface area (Å²) in [4.78, 5) is 45.3. The van der Waals surface area contributed by atoms with Gasteiger partial charge in [-0.05, 0) is 71.2 Å². The van der Waals surface area contributed by atoms with Crippen molar-refractivity contribution in [3.05, 3.63) is 22.1 Å². The number of ketones is 2. The predicted octanol–water partition coefficient (Wildman–Crippen LogP) is 4.49. The van der Waals surface area contributed by atoms with Gasteiger partial charge in [-0.15, -0.1) is 0 Å². The highest BCUT2D eigenvalue weighted by Crippen LogP contribution is 2.41. The summed E-state index contributed by atoms with van der Waals surface area (Å²) in [7, 11) is 5.55. The number of hydrogen-bond donors (Lipinski definition) is 0. The van der Waals surface area contributed by atoms with Crippen LogP contribution in [0.15, 0.2) is 16.8 Å². The van der Waals surface area contributed by atoms with E-state index in [1.807, 2.05) is 34.9 Å². The summed E-state index contributed by atoms with van der Waals surface area (Å²) < 4.78 is 24.2. The molecule has 0 aromatic rings. The van der Waals surface area contributed by atoms with E-state index in [1.165, 1.54) is 13.0 Å². The molecule has 2 aliphatic rings. The highest BCUT2D eigenvalue weighted by atomic mass is 16.7. The van der Waals surface area contributed by atoms with Crippen LogP contribution < -0.4 is 0 Å². The molecule has 2 aliphatic heterocycles. The molecule has 0 aliphatic carbocycles. The zero-order valence-corrected chi connectivity index (χ0v) is 26.0. The van der Waals surface area contributed by atoms with Gasteiger partial charge < -0.3 is 23.8 Å². The lowest BCUT2D eigenvalue weighted by Crippen LogP contribution is -2.57. The lowest BCUT2D eigenvalue weighted by atomic mass is 9.70. The van der Waals surface area contributed by atoms with Crippen LogP contribution in [0.1, 0.15) is 68.2 Å². The Kier molecular flexibility index (Phi) is 11.5. The fraction of sp³-hybridized carbons (Fsp3) is 0.828. The third kappa shape index (κ3) is 7.70. The summed E-state index contributed by atoms with van der Waals surface area (Å²) in [5.41, 5.74) is 7.57. The van der Waals surface area contributed by atoms with Crippen molar-refractivity contribution in [1.82, 2.24) is 4.90 Å². The molecular weight excluding hydrogens is 516 g/mol. The van der Waals surface area contributed by atoms with Gasteiger partial charge >= 0.3 is 5.97 Å². The van der Waals surface area contributed by atoms with Gasteiger partial charge in [-0.25, -0.2) is 0 Å². The van der Waals surface area contributed by atoms with Gasteiger partial charge in [-0.3, -0.25) is 14.4 Å². The molecule has 6 unspecified atom stereocenters. The van der Waals surface area contributed by atoms with E-state index in [0.29, 0.717) is 12.0 Å². The van der Waals surface area contributed by atoms with Crippen molar-refractivity contribution in [2.45, 2.75) is 104 Å². The van der Waals surface area contributed by atoms with Gasteiger partial charge in [-0.2, -0.15) is 0 Å². The number of rotatable bonds is 5. The molecule has 2 rings (SSSR count). The molecule has 11 nitrogen and oxygen atoms in total. The van der Waals surface area contributed by atoms with Crippen molar-refractivity contribution >= 4 is 17.5 Å². The fourth-order valence-electron chi connectivity index (χ4n) is 6.25. The summed E-state index contributed by atoms with van der Waals surface area (Å²) in [6, 6.07) is 0.0142. The van der Waals surface area contributed by atoms with E-state index in [2.05, 4.69) is 14.9 Å². The van der Waals surface area contributed by atoms with Crippen LogP contribution >= 0.6 is 0 Å². The van der Waals surface area contributed by atoms with E-state index in [-0.39, 0.29) is 30.3 Å². The van der Waals surface area contributed by atoms with Gasteiger partial charge in [0.2, 0.25) is 0 Å². The first-order chi connectivity index (χ1) is 18.5. The minimum atomic E-state index is -1.48. The average molecular weight is 565 g/mol. The predicted molar refractivity (Wildman–Crippen MR) is 150 cm³/mol. The molecule has 0 aromatic heterocycles. The van der Waals surface area contributed by atoms with Gasteiger partial charge in [0.15, 0.2) is 17.9 Å². The monoisotopic (exact) mass is 564 g/mol. The number of ether oxygens (including phenoxy) is 4. The standard InChI is InChI=1S/C29H48N4O7/c1-16-13-29(8,31-32-30)24(35)17(2)14-28(6,7)25(19(4)22(34)20(5)26(36)38-15-16)40-27-23(37-11)21(33(9)10)12-18(3)39-27/h13,17-21,23,25,27H,12,14-15H2,1-11H3/b16-13+/t17?,18-,19+,20-,21?,23?,25?,27?,29?/m1/s1. The number of esters is 1. The maximum absolute atomic E-state index is 13.7. The second-order valence-corrected chi connectivity index (χ2v) is 12.6. The highest BCUT2D eigenvalue weighted by Gasteiger charge is 2.48. The molecule has 226 valence electrons. The minimum Gasteiger partial charge on any atom is -0.461 e. The van der Waals surface area contributed by atoms with Crippen LogP contribution in [0, 0.1) is 23.2 Å². The molecule has 0 spiro atoms. The van der Waals surface area contributed by atoms with Gasteiger partial charge in [-0.1, -0.05) is 38.9 Å². The van der Waals surface area contributed by atoms with Gasteiger partial charge in [0.05, 0.1) is 12.2 Å². The molecule has 0 amide bonds. The molecule has 1 saturated heterocycles. The van der Waals surface area contributed by atoms with E-state index in [0.717, 1.165) is 6.42 Å². The number of likely N-dealkylation sites (N-methyl/N-ethyl adjacent to an activating group) is 1. The fourth-order valence-corrected chi connectivity index (χ4v) is 6.25. The molecule has 0 radical (unpaired) electrons. The number of cyclic esters (lactones) is 1. The second kappa shape index (κ2) is 13.6. The number of methoxy groups -OCH3 is 1. The lowest BCUT2D eigenvalue weighted by molar-refractivity contribution is -0.289. The molecule has 11 heteroatoms.